The molecule has 2 N–H and O–H groups in total. The molecule has 0 aromatic carbocycles. The molecule has 0 amide bonds. The van der Waals surface area contributed by atoms with Gasteiger partial charge in [-0.3, -0.25) is 4.79 Å². The summed E-state index contributed by atoms with van der Waals surface area (Å²) in [6.07, 6.45) is 6.16. The van der Waals surface area contributed by atoms with Crippen molar-refractivity contribution >= 4 is 11.8 Å². The van der Waals surface area contributed by atoms with E-state index in [4.69, 9.17) is 0 Å². The minimum Gasteiger partial charge on any atom is -0.481 e. The number of carboxylic acid groups (broad SMARTS) is 1. The van der Waals surface area contributed by atoms with Crippen molar-refractivity contribution in [3.63, 3.8) is 0 Å². The van der Waals surface area contributed by atoms with Gasteiger partial charge in [0.05, 0.1) is 5.41 Å². The van der Waals surface area contributed by atoms with Crippen LogP contribution in [0.5, 0.6) is 0 Å². The zero-order valence-corrected chi connectivity index (χ0v) is 12.2. The van der Waals surface area contributed by atoms with Gasteiger partial charge in [0.25, 0.3) is 0 Å². The topological polar surface area (TPSA) is 75.1 Å². The Bertz CT molecular complexity index is 468. The van der Waals surface area contributed by atoms with Crippen LogP contribution >= 0.6 is 0 Å². The van der Waals surface area contributed by atoms with Crippen molar-refractivity contribution in [2.75, 3.05) is 11.9 Å². The van der Waals surface area contributed by atoms with Gasteiger partial charge < -0.3 is 10.4 Å². The summed E-state index contributed by atoms with van der Waals surface area (Å²) in [6.45, 7) is 4.59. The van der Waals surface area contributed by atoms with Gasteiger partial charge in [-0.15, -0.1) is 0 Å². The van der Waals surface area contributed by atoms with Crippen molar-refractivity contribution < 1.29 is 9.90 Å². The van der Waals surface area contributed by atoms with E-state index in [1.165, 1.54) is 6.33 Å². The van der Waals surface area contributed by atoms with Crippen molar-refractivity contribution in [3.8, 4) is 0 Å². The minimum absolute atomic E-state index is 0.335. The molecule has 0 atom stereocenters. The van der Waals surface area contributed by atoms with Crippen molar-refractivity contribution in [1.29, 1.82) is 0 Å². The smallest absolute Gasteiger partial charge is 0.311 e. The van der Waals surface area contributed by atoms with E-state index < -0.39 is 11.4 Å². The first-order valence-electron chi connectivity index (χ1n) is 7.33. The molecule has 0 radical (unpaired) electrons. The maximum atomic E-state index is 11.6. The maximum Gasteiger partial charge on any atom is 0.311 e. The van der Waals surface area contributed by atoms with Crippen molar-refractivity contribution in [2.45, 2.75) is 51.9 Å². The number of anilines is 1. The molecule has 0 bridgehead atoms. The molecular weight excluding hydrogens is 254 g/mol. The van der Waals surface area contributed by atoms with E-state index in [1.807, 2.05) is 6.07 Å². The number of nitrogens with one attached hydrogen (secondary N) is 1. The Morgan fingerprint density at radius 1 is 1.35 bits per heavy atom. The average Bonchev–Trinajstić information content (AvgIpc) is 2.46. The number of carbonyl (C=O) groups is 1. The molecule has 0 unspecified atom stereocenters. The Labute approximate surface area is 119 Å². The van der Waals surface area contributed by atoms with E-state index >= 15 is 0 Å². The van der Waals surface area contributed by atoms with Crippen LogP contribution in [0.3, 0.4) is 0 Å². The van der Waals surface area contributed by atoms with Crippen LogP contribution in [0.2, 0.25) is 0 Å². The van der Waals surface area contributed by atoms with Crippen LogP contribution in [0.4, 0.5) is 5.82 Å². The molecule has 2 rings (SSSR count). The van der Waals surface area contributed by atoms with Crippen molar-refractivity contribution in [3.05, 3.63) is 18.1 Å². The molecule has 1 heterocycles. The molecule has 0 saturated heterocycles. The standard InChI is InChI=1S/C15H23N3O2/c1-11(2)12-8-13(18-10-17-12)16-9-15(14(19)20)6-4-3-5-7-15/h8,10-11H,3-7,9H2,1-2H3,(H,19,20)(H,16,17,18). The molecule has 110 valence electrons. The van der Waals surface area contributed by atoms with Gasteiger partial charge in [0.15, 0.2) is 0 Å². The third-order valence-corrected chi connectivity index (χ3v) is 4.15. The van der Waals surface area contributed by atoms with E-state index in [-0.39, 0.29) is 0 Å². The molecule has 20 heavy (non-hydrogen) atoms. The first-order valence-corrected chi connectivity index (χ1v) is 7.33. The number of hydrogen-bond acceptors (Lipinski definition) is 4. The summed E-state index contributed by atoms with van der Waals surface area (Å²) in [5.41, 5.74) is 0.330. The van der Waals surface area contributed by atoms with Gasteiger partial charge in [-0.1, -0.05) is 33.1 Å². The van der Waals surface area contributed by atoms with Gasteiger partial charge >= 0.3 is 5.97 Å². The fraction of sp³-hybridized carbons (Fsp3) is 0.667. The van der Waals surface area contributed by atoms with Crippen LogP contribution in [0.15, 0.2) is 12.4 Å². The molecule has 1 fully saturated rings. The Morgan fingerprint density at radius 3 is 2.65 bits per heavy atom. The molecule has 0 aliphatic heterocycles. The van der Waals surface area contributed by atoms with Crippen LogP contribution in [0.25, 0.3) is 0 Å². The monoisotopic (exact) mass is 277 g/mol. The third kappa shape index (κ3) is 3.26. The highest BCUT2D eigenvalue weighted by Crippen LogP contribution is 2.36. The Morgan fingerprint density at radius 2 is 2.05 bits per heavy atom. The second kappa shape index (κ2) is 6.20. The Hall–Kier alpha value is -1.65. The van der Waals surface area contributed by atoms with Gasteiger partial charge in [0.2, 0.25) is 0 Å². The van der Waals surface area contributed by atoms with E-state index in [2.05, 4.69) is 29.1 Å². The molecule has 1 aromatic rings. The molecular formula is C15H23N3O2. The van der Waals surface area contributed by atoms with E-state index in [0.29, 0.717) is 12.5 Å². The SMILES string of the molecule is CC(C)c1cc(NCC2(C(=O)O)CCCCC2)ncn1. The summed E-state index contributed by atoms with van der Waals surface area (Å²) in [5.74, 6) is 0.361. The van der Waals surface area contributed by atoms with Gasteiger partial charge in [-0.25, -0.2) is 9.97 Å². The number of aromatic nitrogens is 2. The molecule has 0 spiro atoms. The lowest BCUT2D eigenvalue weighted by Gasteiger charge is -2.33. The predicted octanol–water partition coefficient (Wildman–Crippen LogP) is 3.05. The summed E-state index contributed by atoms with van der Waals surface area (Å²) >= 11 is 0. The zero-order chi connectivity index (χ0) is 14.6. The van der Waals surface area contributed by atoms with Gasteiger partial charge in [-0.2, -0.15) is 0 Å². The number of nitrogens with zero attached hydrogens (tertiary/aromatic N) is 2. The van der Waals surface area contributed by atoms with Crippen LogP contribution < -0.4 is 5.32 Å². The quantitative estimate of drug-likeness (QED) is 0.865. The van der Waals surface area contributed by atoms with Crippen LogP contribution in [0.1, 0.15) is 57.6 Å². The lowest BCUT2D eigenvalue weighted by Crippen LogP contribution is -2.39. The summed E-state index contributed by atoms with van der Waals surface area (Å²) < 4.78 is 0. The molecule has 1 saturated carbocycles. The molecule has 1 aromatic heterocycles. The van der Waals surface area contributed by atoms with Crippen LogP contribution in [-0.4, -0.2) is 27.6 Å². The predicted molar refractivity (Wildman–Crippen MR) is 77.8 cm³/mol. The lowest BCUT2D eigenvalue weighted by atomic mass is 9.74. The van der Waals surface area contributed by atoms with E-state index in [9.17, 15) is 9.90 Å². The number of rotatable bonds is 5. The molecule has 1 aliphatic rings. The first kappa shape index (κ1) is 14.8. The fourth-order valence-electron chi connectivity index (χ4n) is 2.74. The average molecular weight is 277 g/mol. The van der Waals surface area contributed by atoms with Crippen molar-refractivity contribution in [1.82, 2.24) is 9.97 Å². The third-order valence-electron chi connectivity index (χ3n) is 4.15. The van der Waals surface area contributed by atoms with Crippen molar-refractivity contribution in [2.24, 2.45) is 5.41 Å². The summed E-state index contributed by atoms with van der Waals surface area (Å²) in [5, 5.41) is 12.7. The molecule has 5 heteroatoms. The second-order valence-corrected chi connectivity index (χ2v) is 5.98. The Kier molecular flexibility index (Phi) is 4.57. The highest BCUT2D eigenvalue weighted by atomic mass is 16.4. The second-order valence-electron chi connectivity index (χ2n) is 5.98. The van der Waals surface area contributed by atoms with E-state index in [1.54, 1.807) is 0 Å². The highest BCUT2D eigenvalue weighted by Gasteiger charge is 2.39. The molecule has 1 aliphatic carbocycles. The number of hydrogen-bond donors (Lipinski definition) is 2. The maximum absolute atomic E-state index is 11.6. The highest BCUT2D eigenvalue weighted by molar-refractivity contribution is 5.75. The van der Waals surface area contributed by atoms with Crippen LogP contribution in [0, 0.1) is 5.41 Å². The summed E-state index contributed by atoms with van der Waals surface area (Å²) in [6, 6.07) is 1.91. The number of carboxylic acids is 1. The summed E-state index contributed by atoms with van der Waals surface area (Å²) in [4.78, 5) is 20.0. The molecule has 5 nitrogen and oxygen atoms in total. The number of aliphatic carboxylic acids is 1. The largest absolute Gasteiger partial charge is 0.481 e. The minimum atomic E-state index is -0.692. The van der Waals surface area contributed by atoms with Crippen LogP contribution in [-0.2, 0) is 4.79 Å². The zero-order valence-electron chi connectivity index (χ0n) is 12.2. The van der Waals surface area contributed by atoms with E-state index in [0.717, 1.165) is 43.6 Å². The summed E-state index contributed by atoms with van der Waals surface area (Å²) in [7, 11) is 0. The Balaban J connectivity index is 2.06. The normalized spacial score (nSPS) is 17.9. The van der Waals surface area contributed by atoms with Gasteiger partial charge in [-0.05, 0) is 18.8 Å². The fourth-order valence-corrected chi connectivity index (χ4v) is 2.74. The van der Waals surface area contributed by atoms with Gasteiger partial charge in [0, 0.05) is 18.3 Å². The van der Waals surface area contributed by atoms with Gasteiger partial charge in [0.1, 0.15) is 12.1 Å². The first-order chi connectivity index (χ1) is 9.53. The lowest BCUT2D eigenvalue weighted by molar-refractivity contribution is -0.150.